The Morgan fingerprint density at radius 3 is 2.46 bits per heavy atom. The Hall–Kier alpha value is -1.47. The van der Waals surface area contributed by atoms with Crippen LogP contribution >= 0.6 is 0 Å². The molecule has 0 aliphatic carbocycles. The van der Waals surface area contributed by atoms with Gasteiger partial charge < -0.3 is 14.8 Å². The van der Waals surface area contributed by atoms with Gasteiger partial charge in [0.25, 0.3) is 0 Å². The number of methoxy groups -OCH3 is 2. The van der Waals surface area contributed by atoms with E-state index in [1.165, 1.54) is 4.90 Å². The van der Waals surface area contributed by atoms with E-state index in [0.717, 1.165) is 11.1 Å². The molecule has 1 fully saturated rings. The van der Waals surface area contributed by atoms with Crippen LogP contribution in [0, 0.1) is 6.92 Å². The molecule has 2 atom stereocenters. The molecule has 1 aromatic carbocycles. The molecule has 1 N–H and O–H groups in total. The summed E-state index contributed by atoms with van der Waals surface area (Å²) < 4.78 is 48.1. The number of rotatable bonds is 6. The van der Waals surface area contributed by atoms with Crippen molar-refractivity contribution in [3.63, 3.8) is 0 Å². The quantitative estimate of drug-likeness (QED) is 0.857. The molecule has 0 amide bonds. The number of nitrogens with one attached hydrogen (secondary N) is 1. The van der Waals surface area contributed by atoms with Crippen molar-refractivity contribution in [3.8, 4) is 11.5 Å². The topological polar surface area (TPSA) is 33.7 Å². The molecule has 0 unspecified atom stereocenters. The first-order valence-electron chi connectivity index (χ1n) is 8.01. The normalized spacial score (nSPS) is 20.2. The number of likely N-dealkylation sites (tertiary alicyclic amines) is 1. The van der Waals surface area contributed by atoms with Crippen LogP contribution in [0.4, 0.5) is 13.2 Å². The highest BCUT2D eigenvalue weighted by Crippen LogP contribution is 2.33. The molecule has 0 radical (unpaired) electrons. The summed E-state index contributed by atoms with van der Waals surface area (Å²) in [6.45, 7) is 4.04. The van der Waals surface area contributed by atoms with E-state index in [1.807, 2.05) is 26.0 Å². The average molecular weight is 346 g/mol. The zero-order chi connectivity index (χ0) is 17.9. The summed E-state index contributed by atoms with van der Waals surface area (Å²) >= 11 is 0. The van der Waals surface area contributed by atoms with E-state index >= 15 is 0 Å². The zero-order valence-corrected chi connectivity index (χ0v) is 14.5. The summed E-state index contributed by atoms with van der Waals surface area (Å²) in [5.41, 5.74) is 2.11. The van der Waals surface area contributed by atoms with E-state index in [4.69, 9.17) is 9.47 Å². The van der Waals surface area contributed by atoms with E-state index in [0.29, 0.717) is 31.0 Å². The molecule has 4 nitrogen and oxygen atoms in total. The summed E-state index contributed by atoms with van der Waals surface area (Å²) in [6.07, 6.45) is -3.42. The second-order valence-electron chi connectivity index (χ2n) is 6.29. The van der Waals surface area contributed by atoms with Crippen LogP contribution in [-0.2, 0) is 0 Å². The van der Waals surface area contributed by atoms with Crippen molar-refractivity contribution in [3.05, 3.63) is 23.3 Å². The van der Waals surface area contributed by atoms with Gasteiger partial charge >= 0.3 is 6.18 Å². The molecule has 1 saturated heterocycles. The second kappa shape index (κ2) is 7.61. The largest absolute Gasteiger partial charge is 0.493 e. The Morgan fingerprint density at radius 1 is 1.25 bits per heavy atom. The summed E-state index contributed by atoms with van der Waals surface area (Å²) in [5, 5.41) is 3.44. The van der Waals surface area contributed by atoms with Crippen LogP contribution < -0.4 is 14.8 Å². The molecule has 0 spiro atoms. The fourth-order valence-corrected chi connectivity index (χ4v) is 3.27. The van der Waals surface area contributed by atoms with Crippen LogP contribution in [0.2, 0.25) is 0 Å². The van der Waals surface area contributed by atoms with Crippen molar-refractivity contribution in [2.75, 3.05) is 33.9 Å². The maximum Gasteiger partial charge on any atom is 0.401 e. The molecule has 136 valence electrons. The lowest BCUT2D eigenvalue weighted by Crippen LogP contribution is -2.37. The molecule has 24 heavy (non-hydrogen) atoms. The van der Waals surface area contributed by atoms with Gasteiger partial charge in [-0.1, -0.05) is 0 Å². The van der Waals surface area contributed by atoms with E-state index in [-0.39, 0.29) is 12.1 Å². The highest BCUT2D eigenvalue weighted by atomic mass is 19.4. The third-order valence-electron chi connectivity index (χ3n) is 4.40. The summed E-state index contributed by atoms with van der Waals surface area (Å²) in [5.74, 6) is 1.32. The van der Waals surface area contributed by atoms with Crippen molar-refractivity contribution in [1.82, 2.24) is 10.2 Å². The molecular formula is C17H25F3N2O2. The Morgan fingerprint density at radius 2 is 1.88 bits per heavy atom. The third-order valence-corrected chi connectivity index (χ3v) is 4.40. The molecule has 2 rings (SSSR count). The van der Waals surface area contributed by atoms with E-state index < -0.39 is 12.7 Å². The van der Waals surface area contributed by atoms with Gasteiger partial charge in [0.2, 0.25) is 0 Å². The van der Waals surface area contributed by atoms with Gasteiger partial charge in [-0.15, -0.1) is 0 Å². The Bertz CT molecular complexity index is 564. The molecule has 0 aromatic heterocycles. The highest BCUT2D eigenvalue weighted by Gasteiger charge is 2.34. The number of benzene rings is 1. The number of hydrogen-bond acceptors (Lipinski definition) is 4. The monoisotopic (exact) mass is 346 g/mol. The third kappa shape index (κ3) is 4.77. The fourth-order valence-electron chi connectivity index (χ4n) is 3.27. The summed E-state index contributed by atoms with van der Waals surface area (Å²) in [6, 6.07) is 3.90. The predicted octanol–water partition coefficient (Wildman–Crippen LogP) is 3.30. The van der Waals surface area contributed by atoms with Crippen LogP contribution in [0.15, 0.2) is 12.1 Å². The van der Waals surface area contributed by atoms with E-state index in [1.54, 1.807) is 14.2 Å². The molecule has 0 saturated carbocycles. The maximum atomic E-state index is 12.5. The Kier molecular flexibility index (Phi) is 5.98. The Labute approximate surface area is 140 Å². The van der Waals surface area contributed by atoms with Crippen LogP contribution in [0.25, 0.3) is 0 Å². The minimum absolute atomic E-state index is 0.0145. The molecule has 1 heterocycles. The van der Waals surface area contributed by atoms with Gasteiger partial charge in [-0.3, -0.25) is 4.90 Å². The van der Waals surface area contributed by atoms with Crippen LogP contribution in [0.3, 0.4) is 0 Å². The second-order valence-corrected chi connectivity index (χ2v) is 6.29. The minimum atomic E-state index is -4.14. The van der Waals surface area contributed by atoms with Gasteiger partial charge in [-0.05, 0) is 43.5 Å². The van der Waals surface area contributed by atoms with Gasteiger partial charge in [0.15, 0.2) is 11.5 Å². The number of nitrogens with zero attached hydrogens (tertiary/aromatic N) is 1. The first-order valence-corrected chi connectivity index (χ1v) is 8.01. The lowest BCUT2D eigenvalue weighted by molar-refractivity contribution is -0.143. The van der Waals surface area contributed by atoms with Gasteiger partial charge in [0, 0.05) is 25.2 Å². The summed E-state index contributed by atoms with van der Waals surface area (Å²) in [7, 11) is 3.17. The predicted molar refractivity (Wildman–Crippen MR) is 86.7 cm³/mol. The highest BCUT2D eigenvalue weighted by molar-refractivity contribution is 5.48. The van der Waals surface area contributed by atoms with Crippen molar-refractivity contribution < 1.29 is 22.6 Å². The summed E-state index contributed by atoms with van der Waals surface area (Å²) in [4.78, 5) is 1.45. The molecule has 1 aliphatic heterocycles. The van der Waals surface area contributed by atoms with Gasteiger partial charge in [0.05, 0.1) is 20.8 Å². The molecule has 7 heteroatoms. The SMILES string of the molecule is COc1cc(C)c([C@@H](C)N[C@@H]2CCN(CC(F)(F)F)C2)cc1OC. The van der Waals surface area contributed by atoms with Gasteiger partial charge in [-0.25, -0.2) is 0 Å². The number of alkyl halides is 3. The van der Waals surface area contributed by atoms with E-state index in [2.05, 4.69) is 5.32 Å². The molecule has 0 bridgehead atoms. The number of ether oxygens (including phenoxy) is 2. The first kappa shape index (κ1) is 18.9. The number of hydrogen-bond donors (Lipinski definition) is 1. The standard InChI is InChI=1S/C17H25F3N2O2/c1-11-7-15(23-3)16(24-4)8-14(11)12(2)21-13-5-6-22(9-13)10-17(18,19)20/h7-8,12-13,21H,5-6,9-10H2,1-4H3/t12-,13-/m1/s1. The number of halogens is 3. The maximum absolute atomic E-state index is 12.5. The molecular weight excluding hydrogens is 321 g/mol. The van der Waals surface area contributed by atoms with Crippen molar-refractivity contribution >= 4 is 0 Å². The minimum Gasteiger partial charge on any atom is -0.493 e. The zero-order valence-electron chi connectivity index (χ0n) is 14.5. The fraction of sp³-hybridized carbons (Fsp3) is 0.647. The van der Waals surface area contributed by atoms with Crippen LogP contribution in [-0.4, -0.2) is 51.0 Å². The van der Waals surface area contributed by atoms with Crippen molar-refractivity contribution in [2.24, 2.45) is 0 Å². The lowest BCUT2D eigenvalue weighted by atomic mass is 10.0. The van der Waals surface area contributed by atoms with Crippen molar-refractivity contribution in [2.45, 2.75) is 38.5 Å². The van der Waals surface area contributed by atoms with Crippen LogP contribution in [0.1, 0.15) is 30.5 Å². The molecule has 1 aromatic rings. The van der Waals surface area contributed by atoms with Gasteiger partial charge in [0.1, 0.15) is 0 Å². The molecule has 1 aliphatic rings. The number of aryl methyl sites for hydroxylation is 1. The average Bonchev–Trinajstić information content (AvgIpc) is 2.91. The van der Waals surface area contributed by atoms with Crippen molar-refractivity contribution in [1.29, 1.82) is 0 Å². The smallest absolute Gasteiger partial charge is 0.401 e. The Balaban J connectivity index is 2.02. The lowest BCUT2D eigenvalue weighted by Gasteiger charge is -2.23. The van der Waals surface area contributed by atoms with Gasteiger partial charge in [-0.2, -0.15) is 13.2 Å². The van der Waals surface area contributed by atoms with E-state index in [9.17, 15) is 13.2 Å². The van der Waals surface area contributed by atoms with Crippen LogP contribution in [0.5, 0.6) is 11.5 Å². The first-order chi connectivity index (χ1) is 11.2.